The van der Waals surface area contributed by atoms with Gasteiger partial charge >= 0.3 is 5.97 Å². The molecule has 0 radical (unpaired) electrons. The van der Waals surface area contributed by atoms with Crippen molar-refractivity contribution >= 4 is 33.3 Å². The third-order valence-corrected chi connectivity index (χ3v) is 2.32. The zero-order valence-electron chi connectivity index (χ0n) is 7.71. The summed E-state index contributed by atoms with van der Waals surface area (Å²) in [6.45, 7) is 2.07. The van der Waals surface area contributed by atoms with Gasteiger partial charge in [-0.25, -0.2) is 4.79 Å². The van der Waals surface area contributed by atoms with Crippen LogP contribution >= 0.6 is 15.9 Å². The number of nitrogens with two attached hydrogens (primary N) is 2. The number of anilines is 2. The first-order chi connectivity index (χ1) is 6.56. The normalized spacial score (nSPS) is 9.86. The van der Waals surface area contributed by atoms with Gasteiger partial charge in [-0.05, 0) is 35.0 Å². The Morgan fingerprint density at radius 3 is 2.57 bits per heavy atom. The smallest absolute Gasteiger partial charge is 0.339 e. The number of halogens is 1. The van der Waals surface area contributed by atoms with Crippen LogP contribution in [0.25, 0.3) is 0 Å². The van der Waals surface area contributed by atoms with Crippen molar-refractivity contribution in [2.24, 2.45) is 0 Å². The van der Waals surface area contributed by atoms with Crippen molar-refractivity contribution in [1.82, 2.24) is 0 Å². The fourth-order valence-electron chi connectivity index (χ4n) is 0.971. The Morgan fingerprint density at radius 2 is 2.00 bits per heavy atom. The van der Waals surface area contributed by atoms with Gasteiger partial charge in [0, 0.05) is 4.47 Å². The number of carbonyl (C=O) groups excluding carboxylic acids is 1. The quantitative estimate of drug-likeness (QED) is 0.627. The van der Waals surface area contributed by atoms with Crippen molar-refractivity contribution in [3.8, 4) is 0 Å². The van der Waals surface area contributed by atoms with E-state index in [1.807, 2.05) is 0 Å². The van der Waals surface area contributed by atoms with E-state index in [0.29, 0.717) is 28.0 Å². The predicted octanol–water partition coefficient (Wildman–Crippen LogP) is 1.79. The van der Waals surface area contributed by atoms with Crippen LogP contribution in [-0.2, 0) is 4.74 Å². The zero-order valence-corrected chi connectivity index (χ0v) is 9.30. The highest BCUT2D eigenvalue weighted by atomic mass is 79.9. The molecular formula is C9H11BrN2O2. The molecule has 0 heterocycles. The van der Waals surface area contributed by atoms with Crippen molar-refractivity contribution in [2.75, 3.05) is 18.1 Å². The molecule has 76 valence electrons. The predicted molar refractivity (Wildman–Crippen MR) is 58.9 cm³/mol. The van der Waals surface area contributed by atoms with Crippen LogP contribution in [0.4, 0.5) is 11.4 Å². The summed E-state index contributed by atoms with van der Waals surface area (Å²) in [7, 11) is 0. The summed E-state index contributed by atoms with van der Waals surface area (Å²) < 4.78 is 5.42. The number of carbonyl (C=O) groups is 1. The Morgan fingerprint density at radius 1 is 1.43 bits per heavy atom. The molecule has 0 aliphatic rings. The Kier molecular flexibility index (Phi) is 3.35. The van der Waals surface area contributed by atoms with Gasteiger partial charge in [0.1, 0.15) is 0 Å². The monoisotopic (exact) mass is 258 g/mol. The van der Waals surface area contributed by atoms with Crippen molar-refractivity contribution < 1.29 is 9.53 Å². The zero-order chi connectivity index (χ0) is 10.7. The highest BCUT2D eigenvalue weighted by Crippen LogP contribution is 2.25. The van der Waals surface area contributed by atoms with Crippen LogP contribution in [0.1, 0.15) is 17.3 Å². The van der Waals surface area contributed by atoms with E-state index in [1.165, 1.54) is 6.07 Å². The van der Waals surface area contributed by atoms with E-state index in [9.17, 15) is 4.79 Å². The molecule has 0 saturated heterocycles. The molecule has 0 atom stereocenters. The third kappa shape index (κ3) is 2.17. The first-order valence-electron chi connectivity index (χ1n) is 4.08. The van der Waals surface area contributed by atoms with E-state index in [4.69, 9.17) is 16.2 Å². The maximum atomic E-state index is 11.4. The minimum absolute atomic E-state index is 0.329. The summed E-state index contributed by atoms with van der Waals surface area (Å²) in [4.78, 5) is 11.4. The van der Waals surface area contributed by atoms with E-state index >= 15 is 0 Å². The minimum Gasteiger partial charge on any atom is -0.462 e. The fraction of sp³-hybridized carbons (Fsp3) is 0.222. The lowest BCUT2D eigenvalue weighted by Gasteiger charge is -2.07. The number of nitrogen functional groups attached to an aromatic ring is 2. The molecule has 0 fully saturated rings. The van der Waals surface area contributed by atoms with Gasteiger partial charge in [-0.15, -0.1) is 0 Å². The molecule has 5 heteroatoms. The highest BCUT2D eigenvalue weighted by molar-refractivity contribution is 9.10. The molecule has 0 aliphatic carbocycles. The Balaban J connectivity index is 3.09. The molecule has 14 heavy (non-hydrogen) atoms. The maximum Gasteiger partial charge on any atom is 0.339 e. The molecule has 4 nitrogen and oxygen atoms in total. The number of esters is 1. The molecule has 0 saturated carbocycles. The Hall–Kier alpha value is -1.23. The first kappa shape index (κ1) is 10.8. The van der Waals surface area contributed by atoms with Gasteiger partial charge < -0.3 is 16.2 Å². The molecule has 4 N–H and O–H groups in total. The molecule has 0 aromatic heterocycles. The third-order valence-electron chi connectivity index (χ3n) is 1.67. The molecule has 0 spiro atoms. The second kappa shape index (κ2) is 4.32. The van der Waals surface area contributed by atoms with Gasteiger partial charge in [0.15, 0.2) is 0 Å². The van der Waals surface area contributed by atoms with Gasteiger partial charge in [0.25, 0.3) is 0 Å². The van der Waals surface area contributed by atoms with Gasteiger partial charge in [-0.1, -0.05) is 0 Å². The van der Waals surface area contributed by atoms with Crippen LogP contribution < -0.4 is 11.5 Å². The van der Waals surface area contributed by atoms with E-state index in [1.54, 1.807) is 13.0 Å². The number of rotatable bonds is 2. The molecule has 0 bridgehead atoms. The van der Waals surface area contributed by atoms with E-state index in [2.05, 4.69) is 15.9 Å². The molecule has 1 aromatic rings. The first-order valence-corrected chi connectivity index (χ1v) is 4.87. The fourth-order valence-corrected chi connectivity index (χ4v) is 1.49. The number of hydrogen-bond acceptors (Lipinski definition) is 4. The second-order valence-electron chi connectivity index (χ2n) is 2.68. The summed E-state index contributed by atoms with van der Waals surface area (Å²) in [5.74, 6) is -0.411. The maximum absolute atomic E-state index is 11.4. The average molecular weight is 259 g/mol. The number of hydrogen-bond donors (Lipinski definition) is 2. The van der Waals surface area contributed by atoms with Crippen LogP contribution in [0.15, 0.2) is 16.6 Å². The second-order valence-corrected chi connectivity index (χ2v) is 3.54. The van der Waals surface area contributed by atoms with Gasteiger partial charge in [-0.2, -0.15) is 0 Å². The van der Waals surface area contributed by atoms with Crippen LogP contribution in [0.2, 0.25) is 0 Å². The van der Waals surface area contributed by atoms with Gasteiger partial charge in [-0.3, -0.25) is 0 Å². The molecule has 0 unspecified atom stereocenters. The van der Waals surface area contributed by atoms with Crippen LogP contribution in [0.5, 0.6) is 0 Å². The van der Waals surface area contributed by atoms with Gasteiger partial charge in [0.05, 0.1) is 23.5 Å². The summed E-state index contributed by atoms with van der Waals surface area (Å²) >= 11 is 3.22. The van der Waals surface area contributed by atoms with Crippen LogP contribution in [0.3, 0.4) is 0 Å². The van der Waals surface area contributed by atoms with Crippen molar-refractivity contribution in [3.05, 3.63) is 22.2 Å². The lowest BCUT2D eigenvalue weighted by atomic mass is 10.2. The van der Waals surface area contributed by atoms with Crippen LogP contribution in [0, 0.1) is 0 Å². The molecule has 0 amide bonds. The van der Waals surface area contributed by atoms with E-state index in [0.717, 1.165) is 0 Å². The lowest BCUT2D eigenvalue weighted by Crippen LogP contribution is -2.07. The van der Waals surface area contributed by atoms with Crippen molar-refractivity contribution in [1.29, 1.82) is 0 Å². The molecule has 0 aliphatic heterocycles. The highest BCUT2D eigenvalue weighted by Gasteiger charge is 2.12. The standard InChI is InChI=1S/C9H11BrN2O2/c1-2-14-9(13)5-3-7(11)8(12)4-6(5)10/h3-4H,2,11-12H2,1H3. The van der Waals surface area contributed by atoms with Gasteiger partial charge in [0.2, 0.25) is 0 Å². The average Bonchev–Trinajstić information content (AvgIpc) is 2.11. The van der Waals surface area contributed by atoms with Crippen molar-refractivity contribution in [3.63, 3.8) is 0 Å². The largest absolute Gasteiger partial charge is 0.462 e. The van der Waals surface area contributed by atoms with Crippen LogP contribution in [-0.4, -0.2) is 12.6 Å². The lowest BCUT2D eigenvalue weighted by molar-refractivity contribution is 0.0525. The van der Waals surface area contributed by atoms with E-state index < -0.39 is 5.97 Å². The van der Waals surface area contributed by atoms with E-state index in [-0.39, 0.29) is 0 Å². The summed E-state index contributed by atoms with van der Waals surface area (Å²) in [6, 6.07) is 3.08. The summed E-state index contributed by atoms with van der Waals surface area (Å²) in [6.07, 6.45) is 0. The number of benzene rings is 1. The Bertz CT molecular complexity index is 366. The molecule has 1 aromatic carbocycles. The minimum atomic E-state index is -0.411. The Labute approximate surface area is 90.3 Å². The number of ether oxygens (including phenoxy) is 1. The SMILES string of the molecule is CCOC(=O)c1cc(N)c(N)cc1Br. The topological polar surface area (TPSA) is 78.3 Å². The molecule has 1 rings (SSSR count). The summed E-state index contributed by atoms with van der Waals surface area (Å²) in [5, 5.41) is 0. The molecular weight excluding hydrogens is 248 g/mol. The van der Waals surface area contributed by atoms with Crippen molar-refractivity contribution in [2.45, 2.75) is 6.92 Å². The summed E-state index contributed by atoms with van der Waals surface area (Å²) in [5.41, 5.74) is 12.3.